The molecule has 1 aliphatic carbocycles. The average molecular weight is 352 g/mol. The second-order valence-electron chi connectivity index (χ2n) is 6.37. The standard InChI is InChI=1S/C18H20N6S/c1-23-8-10-24(11-9-23)18(25)22-21-17-15-13(4-2-6-19-15)12-14-5-3-7-20-16(14)17/h2-7H,8-12H2,1H3,(H,22,25). The molecule has 2 aliphatic rings. The minimum atomic E-state index is 0.654. The second-order valence-corrected chi connectivity index (χ2v) is 6.75. The van der Waals surface area contributed by atoms with Crippen molar-refractivity contribution in [1.82, 2.24) is 25.2 Å². The minimum Gasteiger partial charge on any atom is -0.345 e. The first kappa shape index (κ1) is 16.1. The van der Waals surface area contributed by atoms with Crippen molar-refractivity contribution in [2.75, 3.05) is 33.2 Å². The van der Waals surface area contributed by atoms with Crippen LogP contribution in [0.15, 0.2) is 41.8 Å². The first-order chi connectivity index (χ1) is 12.2. The summed E-state index contributed by atoms with van der Waals surface area (Å²) < 4.78 is 0. The zero-order valence-electron chi connectivity index (χ0n) is 14.1. The van der Waals surface area contributed by atoms with Crippen molar-refractivity contribution in [3.05, 3.63) is 59.2 Å². The van der Waals surface area contributed by atoms with E-state index < -0.39 is 0 Å². The molecule has 0 radical (unpaired) electrons. The van der Waals surface area contributed by atoms with Crippen LogP contribution in [0.3, 0.4) is 0 Å². The molecule has 0 saturated carbocycles. The van der Waals surface area contributed by atoms with Gasteiger partial charge in [0.25, 0.3) is 0 Å². The highest BCUT2D eigenvalue weighted by Gasteiger charge is 2.24. The lowest BCUT2D eigenvalue weighted by Gasteiger charge is -2.33. The molecule has 7 heteroatoms. The summed E-state index contributed by atoms with van der Waals surface area (Å²) in [4.78, 5) is 13.5. The molecule has 0 spiro atoms. The number of rotatable bonds is 1. The van der Waals surface area contributed by atoms with Crippen LogP contribution < -0.4 is 5.43 Å². The molecule has 0 atom stereocenters. The van der Waals surface area contributed by atoms with Gasteiger partial charge in [-0.3, -0.25) is 15.4 Å². The molecule has 2 aromatic rings. The lowest BCUT2D eigenvalue weighted by atomic mass is 9.91. The number of piperazine rings is 1. The van der Waals surface area contributed by atoms with Gasteiger partial charge >= 0.3 is 0 Å². The van der Waals surface area contributed by atoms with Gasteiger partial charge in [0, 0.05) is 45.0 Å². The largest absolute Gasteiger partial charge is 0.345 e. The van der Waals surface area contributed by atoms with Crippen molar-refractivity contribution in [3.8, 4) is 0 Å². The molecule has 3 heterocycles. The Morgan fingerprint density at radius 3 is 2.24 bits per heavy atom. The number of thiocarbonyl (C=S) groups is 1. The molecule has 0 amide bonds. The molecule has 0 bridgehead atoms. The summed E-state index contributed by atoms with van der Waals surface area (Å²) in [5, 5.41) is 5.26. The number of nitrogens with zero attached hydrogens (tertiary/aromatic N) is 5. The predicted molar refractivity (Wildman–Crippen MR) is 102 cm³/mol. The summed E-state index contributed by atoms with van der Waals surface area (Å²) in [7, 11) is 2.13. The molecule has 0 aromatic carbocycles. The van der Waals surface area contributed by atoms with Gasteiger partial charge in [-0.2, -0.15) is 5.10 Å². The molecule has 1 N–H and O–H groups in total. The lowest BCUT2D eigenvalue weighted by Crippen LogP contribution is -2.49. The van der Waals surface area contributed by atoms with Crippen LogP contribution in [-0.4, -0.2) is 63.8 Å². The van der Waals surface area contributed by atoms with Gasteiger partial charge in [0.2, 0.25) is 0 Å². The third kappa shape index (κ3) is 3.25. The van der Waals surface area contributed by atoms with Crippen LogP contribution in [-0.2, 0) is 6.42 Å². The smallest absolute Gasteiger partial charge is 0.189 e. The van der Waals surface area contributed by atoms with Crippen molar-refractivity contribution in [1.29, 1.82) is 0 Å². The van der Waals surface area contributed by atoms with E-state index in [1.54, 1.807) is 12.4 Å². The van der Waals surface area contributed by atoms with Crippen molar-refractivity contribution < 1.29 is 0 Å². The number of fused-ring (bicyclic) bond motifs is 2. The quantitative estimate of drug-likeness (QED) is 0.526. The number of likely N-dealkylation sites (N-methyl/N-ethyl adjacent to an activating group) is 1. The topological polar surface area (TPSA) is 56.6 Å². The van der Waals surface area contributed by atoms with E-state index in [2.05, 4.69) is 49.5 Å². The molecule has 4 rings (SSSR count). The van der Waals surface area contributed by atoms with Gasteiger partial charge < -0.3 is 9.80 Å². The summed E-state index contributed by atoms with van der Waals surface area (Å²) in [5.41, 5.74) is 7.90. The molecule has 1 fully saturated rings. The fourth-order valence-corrected chi connectivity index (χ4v) is 3.42. The van der Waals surface area contributed by atoms with E-state index >= 15 is 0 Å². The number of hydrazone groups is 1. The summed E-state index contributed by atoms with van der Waals surface area (Å²) in [5.74, 6) is 0. The maximum absolute atomic E-state index is 5.53. The van der Waals surface area contributed by atoms with Crippen molar-refractivity contribution in [2.45, 2.75) is 6.42 Å². The Bertz CT molecular complexity index is 778. The molecule has 6 nitrogen and oxygen atoms in total. The Labute approximate surface area is 152 Å². The Morgan fingerprint density at radius 1 is 1.04 bits per heavy atom. The molecule has 1 saturated heterocycles. The van der Waals surface area contributed by atoms with Crippen LogP contribution >= 0.6 is 12.2 Å². The molecular formula is C18H20N6S. The highest BCUT2D eigenvalue weighted by molar-refractivity contribution is 7.80. The van der Waals surface area contributed by atoms with E-state index in [1.807, 2.05) is 12.1 Å². The van der Waals surface area contributed by atoms with Crippen molar-refractivity contribution in [2.24, 2.45) is 5.10 Å². The van der Waals surface area contributed by atoms with Crippen LogP contribution in [0.1, 0.15) is 22.5 Å². The zero-order chi connectivity index (χ0) is 17.2. The van der Waals surface area contributed by atoms with Crippen LogP contribution in [0.5, 0.6) is 0 Å². The number of aromatic nitrogens is 2. The van der Waals surface area contributed by atoms with Gasteiger partial charge in [-0.25, -0.2) is 0 Å². The van der Waals surface area contributed by atoms with E-state index in [9.17, 15) is 0 Å². The monoisotopic (exact) mass is 352 g/mol. The van der Waals surface area contributed by atoms with Gasteiger partial charge in [0.05, 0.1) is 11.4 Å². The maximum atomic E-state index is 5.53. The summed E-state index contributed by atoms with van der Waals surface area (Å²) >= 11 is 5.53. The van der Waals surface area contributed by atoms with Crippen LogP contribution in [0.25, 0.3) is 0 Å². The van der Waals surface area contributed by atoms with Gasteiger partial charge in [0.15, 0.2) is 5.11 Å². The van der Waals surface area contributed by atoms with Crippen LogP contribution in [0.2, 0.25) is 0 Å². The van der Waals surface area contributed by atoms with E-state index in [-0.39, 0.29) is 0 Å². The molecular weight excluding hydrogens is 332 g/mol. The normalized spacial score (nSPS) is 16.8. The summed E-state index contributed by atoms with van der Waals surface area (Å²) in [6.07, 6.45) is 4.41. The number of nitrogens with one attached hydrogen (secondary N) is 1. The highest BCUT2D eigenvalue weighted by Crippen LogP contribution is 2.24. The van der Waals surface area contributed by atoms with E-state index in [1.165, 1.54) is 0 Å². The average Bonchev–Trinajstić information content (AvgIpc) is 2.65. The van der Waals surface area contributed by atoms with E-state index in [4.69, 9.17) is 12.2 Å². The second kappa shape index (κ2) is 6.85. The van der Waals surface area contributed by atoms with Crippen molar-refractivity contribution in [3.63, 3.8) is 0 Å². The van der Waals surface area contributed by atoms with Gasteiger partial charge in [-0.15, -0.1) is 0 Å². The molecule has 25 heavy (non-hydrogen) atoms. The lowest BCUT2D eigenvalue weighted by molar-refractivity contribution is 0.214. The Hall–Kier alpha value is -2.38. The highest BCUT2D eigenvalue weighted by atomic mass is 32.1. The number of pyridine rings is 2. The fraction of sp³-hybridized carbons (Fsp3) is 0.333. The van der Waals surface area contributed by atoms with Crippen LogP contribution in [0.4, 0.5) is 0 Å². The Balaban J connectivity index is 1.61. The molecule has 0 unspecified atom stereocenters. The van der Waals surface area contributed by atoms with Crippen LogP contribution in [0, 0.1) is 0 Å². The van der Waals surface area contributed by atoms with E-state index in [0.29, 0.717) is 5.11 Å². The molecule has 2 aromatic heterocycles. The van der Waals surface area contributed by atoms with Gasteiger partial charge in [-0.05, 0) is 42.5 Å². The first-order valence-corrected chi connectivity index (χ1v) is 8.83. The third-order valence-corrected chi connectivity index (χ3v) is 5.02. The van der Waals surface area contributed by atoms with Crippen molar-refractivity contribution >= 4 is 23.0 Å². The zero-order valence-corrected chi connectivity index (χ0v) is 15.0. The van der Waals surface area contributed by atoms with Gasteiger partial charge in [-0.1, -0.05) is 12.1 Å². The fourth-order valence-electron chi connectivity index (χ4n) is 3.20. The summed E-state index contributed by atoms with van der Waals surface area (Å²) in [6.45, 7) is 3.84. The Morgan fingerprint density at radius 2 is 1.64 bits per heavy atom. The number of hydrogen-bond acceptors (Lipinski definition) is 5. The first-order valence-electron chi connectivity index (χ1n) is 8.42. The summed E-state index contributed by atoms with van der Waals surface area (Å²) in [6, 6.07) is 8.10. The molecule has 128 valence electrons. The minimum absolute atomic E-state index is 0.654. The van der Waals surface area contributed by atoms with E-state index in [0.717, 1.165) is 60.8 Å². The maximum Gasteiger partial charge on any atom is 0.189 e. The third-order valence-electron chi connectivity index (χ3n) is 4.67. The van der Waals surface area contributed by atoms with Gasteiger partial charge in [0.1, 0.15) is 5.71 Å². The molecule has 1 aliphatic heterocycles. The Kier molecular flexibility index (Phi) is 4.42. The predicted octanol–water partition coefficient (Wildman–Crippen LogP) is 1.26. The SMILES string of the molecule is CN1CCN(C(=S)NN=C2c3ncccc3Cc3cccnc32)CC1. The number of hydrogen-bond donors (Lipinski definition) is 1.